The Morgan fingerprint density at radius 2 is 1.81 bits per heavy atom. The van der Waals surface area contributed by atoms with E-state index in [2.05, 4.69) is 16.3 Å². The van der Waals surface area contributed by atoms with Gasteiger partial charge in [-0.25, -0.2) is 0 Å². The molecule has 0 unspecified atom stereocenters. The van der Waals surface area contributed by atoms with Crippen LogP contribution < -0.4 is 10.2 Å². The Hall–Kier alpha value is -2.30. The maximum atomic E-state index is 12.0. The Labute approximate surface area is 155 Å². The normalized spacial score (nSPS) is 19.8. The first-order chi connectivity index (χ1) is 12.7. The fourth-order valence-corrected chi connectivity index (χ4v) is 3.57. The lowest BCUT2D eigenvalue weighted by Crippen LogP contribution is -2.24. The lowest BCUT2D eigenvalue weighted by molar-refractivity contribution is -0.147. The van der Waals surface area contributed by atoms with Gasteiger partial charge in [0.2, 0.25) is 0 Å². The number of benzene rings is 1. The molecule has 3 rings (SSSR count). The summed E-state index contributed by atoms with van der Waals surface area (Å²) in [6, 6.07) is 7.89. The lowest BCUT2D eigenvalue weighted by Gasteiger charge is -2.22. The summed E-state index contributed by atoms with van der Waals surface area (Å²) >= 11 is 0. The van der Waals surface area contributed by atoms with Crippen LogP contribution in [0.15, 0.2) is 36.4 Å². The summed E-state index contributed by atoms with van der Waals surface area (Å²) < 4.78 is 5.08. The molecule has 1 amide bonds. The van der Waals surface area contributed by atoms with Gasteiger partial charge in [0.25, 0.3) is 5.91 Å². The summed E-state index contributed by atoms with van der Waals surface area (Å²) in [4.78, 5) is 26.1. The van der Waals surface area contributed by atoms with Crippen molar-refractivity contribution in [2.75, 3.05) is 29.9 Å². The van der Waals surface area contributed by atoms with Crippen LogP contribution >= 0.6 is 0 Å². The summed E-state index contributed by atoms with van der Waals surface area (Å²) in [5.41, 5.74) is 1.92. The molecule has 1 atom stereocenters. The standard InChI is InChI=1S/C21H28N2O3/c24-20(16-26-21(25)15-17-7-3-4-8-17)22-18-9-11-19(12-10-18)23-13-5-1-2-6-14-23/h3,7,9-12,17H,1-2,4-6,8,13-16H2,(H,22,24)/t17-/m0/s1. The fraction of sp³-hybridized carbons (Fsp3) is 0.524. The molecule has 1 aliphatic carbocycles. The highest BCUT2D eigenvalue weighted by atomic mass is 16.5. The number of ether oxygens (including phenoxy) is 1. The molecule has 140 valence electrons. The molecule has 5 heteroatoms. The Kier molecular flexibility index (Phi) is 6.69. The molecule has 2 aliphatic rings. The van der Waals surface area contributed by atoms with E-state index in [0.29, 0.717) is 6.42 Å². The molecule has 1 aliphatic heterocycles. The molecular formula is C21H28N2O3. The first-order valence-corrected chi connectivity index (χ1v) is 9.68. The number of esters is 1. The quantitative estimate of drug-likeness (QED) is 0.620. The van der Waals surface area contributed by atoms with Gasteiger partial charge in [-0.1, -0.05) is 25.0 Å². The van der Waals surface area contributed by atoms with Gasteiger partial charge in [-0.3, -0.25) is 9.59 Å². The molecule has 1 aromatic rings. The highest BCUT2D eigenvalue weighted by Crippen LogP contribution is 2.22. The molecule has 0 bridgehead atoms. The van der Waals surface area contributed by atoms with E-state index in [0.717, 1.165) is 31.6 Å². The van der Waals surface area contributed by atoms with Crippen LogP contribution in [0.25, 0.3) is 0 Å². The average Bonchev–Trinajstić information content (AvgIpc) is 3.00. The van der Waals surface area contributed by atoms with Gasteiger partial charge in [-0.2, -0.15) is 0 Å². The van der Waals surface area contributed by atoms with Crippen LogP contribution in [0.5, 0.6) is 0 Å². The molecule has 0 saturated carbocycles. The fourth-order valence-electron chi connectivity index (χ4n) is 3.57. The van der Waals surface area contributed by atoms with Crippen molar-refractivity contribution in [3.63, 3.8) is 0 Å². The van der Waals surface area contributed by atoms with Crippen molar-refractivity contribution in [3.8, 4) is 0 Å². The number of rotatable bonds is 6. The zero-order valence-corrected chi connectivity index (χ0v) is 15.3. The minimum absolute atomic E-state index is 0.233. The van der Waals surface area contributed by atoms with Crippen LogP contribution in [0.2, 0.25) is 0 Å². The minimum Gasteiger partial charge on any atom is -0.456 e. The number of hydrogen-bond acceptors (Lipinski definition) is 4. The van der Waals surface area contributed by atoms with Gasteiger partial charge in [0.1, 0.15) is 0 Å². The summed E-state index contributed by atoms with van der Waals surface area (Å²) in [5, 5.41) is 2.78. The van der Waals surface area contributed by atoms with Gasteiger partial charge in [-0.05, 0) is 55.9 Å². The van der Waals surface area contributed by atoms with Gasteiger partial charge in [-0.15, -0.1) is 0 Å². The number of anilines is 2. The lowest BCUT2D eigenvalue weighted by atomic mass is 10.1. The third kappa shape index (κ3) is 5.61. The maximum Gasteiger partial charge on any atom is 0.306 e. The summed E-state index contributed by atoms with van der Waals surface area (Å²) in [7, 11) is 0. The van der Waals surface area contributed by atoms with E-state index in [1.54, 1.807) is 0 Å². The van der Waals surface area contributed by atoms with Crippen molar-refractivity contribution >= 4 is 23.3 Å². The SMILES string of the molecule is O=C(COC(=O)C[C@H]1C=CCC1)Nc1ccc(N2CCCCCC2)cc1. The predicted octanol–water partition coefficient (Wildman–Crippen LogP) is 3.91. The molecular weight excluding hydrogens is 328 g/mol. The molecule has 0 radical (unpaired) electrons. The van der Waals surface area contributed by atoms with E-state index < -0.39 is 0 Å². The number of nitrogens with zero attached hydrogens (tertiary/aromatic N) is 1. The molecule has 0 aromatic heterocycles. The van der Waals surface area contributed by atoms with Crippen molar-refractivity contribution in [2.45, 2.75) is 44.9 Å². The van der Waals surface area contributed by atoms with E-state index in [4.69, 9.17) is 4.74 Å². The van der Waals surface area contributed by atoms with Gasteiger partial charge in [0.05, 0.1) is 6.42 Å². The zero-order chi connectivity index (χ0) is 18.2. The number of hydrogen-bond donors (Lipinski definition) is 1. The summed E-state index contributed by atoms with van der Waals surface area (Å²) in [6.45, 7) is 1.96. The van der Waals surface area contributed by atoms with Crippen LogP contribution in [0, 0.1) is 5.92 Å². The van der Waals surface area contributed by atoms with Crippen LogP contribution in [-0.4, -0.2) is 31.6 Å². The van der Waals surface area contributed by atoms with Crippen LogP contribution in [-0.2, 0) is 14.3 Å². The predicted molar refractivity (Wildman–Crippen MR) is 103 cm³/mol. The average molecular weight is 356 g/mol. The maximum absolute atomic E-state index is 12.0. The van der Waals surface area contributed by atoms with E-state index in [1.165, 1.54) is 31.4 Å². The van der Waals surface area contributed by atoms with E-state index >= 15 is 0 Å². The number of carbonyl (C=O) groups excluding carboxylic acids is 2. The van der Waals surface area contributed by atoms with Crippen molar-refractivity contribution in [2.24, 2.45) is 5.92 Å². The third-order valence-corrected chi connectivity index (χ3v) is 5.03. The number of nitrogens with one attached hydrogen (secondary N) is 1. The second-order valence-corrected chi connectivity index (χ2v) is 7.13. The Bertz CT molecular complexity index is 631. The van der Waals surface area contributed by atoms with E-state index in [1.807, 2.05) is 30.3 Å². The molecule has 1 fully saturated rings. The minimum atomic E-state index is -0.312. The Morgan fingerprint density at radius 3 is 2.46 bits per heavy atom. The third-order valence-electron chi connectivity index (χ3n) is 5.03. The van der Waals surface area contributed by atoms with Crippen LogP contribution in [0.4, 0.5) is 11.4 Å². The Morgan fingerprint density at radius 1 is 1.08 bits per heavy atom. The van der Waals surface area contributed by atoms with E-state index in [-0.39, 0.29) is 24.4 Å². The first kappa shape index (κ1) is 18.5. The molecule has 1 aromatic carbocycles. The van der Waals surface area contributed by atoms with Crippen LogP contribution in [0.1, 0.15) is 44.9 Å². The smallest absolute Gasteiger partial charge is 0.306 e. The van der Waals surface area contributed by atoms with Gasteiger partial charge >= 0.3 is 5.97 Å². The molecule has 26 heavy (non-hydrogen) atoms. The Balaban J connectivity index is 1.42. The van der Waals surface area contributed by atoms with Crippen molar-refractivity contribution in [1.82, 2.24) is 0 Å². The van der Waals surface area contributed by atoms with Crippen LogP contribution in [0.3, 0.4) is 0 Å². The second kappa shape index (κ2) is 9.41. The number of amides is 1. The summed E-state index contributed by atoms with van der Waals surface area (Å²) in [6.07, 6.45) is 11.6. The number of carbonyl (C=O) groups is 2. The van der Waals surface area contributed by atoms with Gasteiger partial charge < -0.3 is 15.0 Å². The topological polar surface area (TPSA) is 58.6 Å². The van der Waals surface area contributed by atoms with Crippen molar-refractivity contribution < 1.29 is 14.3 Å². The molecule has 1 heterocycles. The zero-order valence-electron chi connectivity index (χ0n) is 15.3. The molecule has 1 saturated heterocycles. The molecule has 5 nitrogen and oxygen atoms in total. The second-order valence-electron chi connectivity index (χ2n) is 7.13. The van der Waals surface area contributed by atoms with Gasteiger partial charge in [0, 0.05) is 24.5 Å². The van der Waals surface area contributed by atoms with Crippen molar-refractivity contribution in [1.29, 1.82) is 0 Å². The monoisotopic (exact) mass is 356 g/mol. The highest BCUT2D eigenvalue weighted by molar-refractivity contribution is 5.93. The summed E-state index contributed by atoms with van der Waals surface area (Å²) in [5.74, 6) is -0.354. The molecule has 1 N–H and O–H groups in total. The first-order valence-electron chi connectivity index (χ1n) is 9.68. The molecule has 0 spiro atoms. The highest BCUT2D eigenvalue weighted by Gasteiger charge is 2.16. The van der Waals surface area contributed by atoms with E-state index in [9.17, 15) is 9.59 Å². The van der Waals surface area contributed by atoms with Gasteiger partial charge in [0.15, 0.2) is 6.61 Å². The largest absolute Gasteiger partial charge is 0.456 e. The number of allylic oxidation sites excluding steroid dienone is 2. The van der Waals surface area contributed by atoms with Crippen molar-refractivity contribution in [3.05, 3.63) is 36.4 Å².